The van der Waals surface area contributed by atoms with Gasteiger partial charge in [-0.05, 0) is 59.2 Å². The lowest BCUT2D eigenvalue weighted by Gasteiger charge is -2.05. The number of amides is 1. The zero-order chi connectivity index (χ0) is 22.2. The summed E-state index contributed by atoms with van der Waals surface area (Å²) in [5.41, 5.74) is 2.25. The van der Waals surface area contributed by atoms with Crippen LogP contribution in [0.5, 0.6) is 0 Å². The molecule has 0 unspecified atom stereocenters. The Bertz CT molecular complexity index is 1500. The minimum atomic E-state index is -0.153. The third kappa shape index (κ3) is 4.09. The topological polar surface area (TPSA) is 57.8 Å². The molecular formula is C24H16Cl3N3OS. The molecule has 0 aliphatic heterocycles. The Morgan fingerprint density at radius 2 is 1.94 bits per heavy atom. The van der Waals surface area contributed by atoms with Gasteiger partial charge in [-0.15, -0.1) is 11.3 Å². The summed E-state index contributed by atoms with van der Waals surface area (Å²) in [6.45, 7) is 0.421. The first kappa shape index (κ1) is 21.3. The molecule has 2 aromatic carbocycles. The summed E-state index contributed by atoms with van der Waals surface area (Å²) in [6.07, 6.45) is 6.24. The quantitative estimate of drug-likeness (QED) is 0.391. The summed E-state index contributed by atoms with van der Waals surface area (Å²) in [6, 6.07) is 11.1. The van der Waals surface area contributed by atoms with E-state index >= 15 is 0 Å². The van der Waals surface area contributed by atoms with Gasteiger partial charge in [-0.1, -0.05) is 53.0 Å². The van der Waals surface area contributed by atoms with E-state index in [1.54, 1.807) is 35.6 Å². The molecule has 0 saturated carbocycles. The summed E-state index contributed by atoms with van der Waals surface area (Å²) in [4.78, 5) is 20.8. The van der Waals surface area contributed by atoms with Gasteiger partial charge < -0.3 is 10.3 Å². The van der Waals surface area contributed by atoms with Crippen LogP contribution < -0.4 is 16.0 Å². The summed E-state index contributed by atoms with van der Waals surface area (Å²) in [7, 11) is 0. The molecule has 2 aromatic heterocycles. The molecule has 0 radical (unpaired) electrons. The van der Waals surface area contributed by atoms with E-state index in [2.05, 4.69) is 15.3 Å². The van der Waals surface area contributed by atoms with Crippen molar-refractivity contribution in [1.29, 1.82) is 0 Å². The Labute approximate surface area is 202 Å². The predicted octanol–water partition coefficient (Wildman–Crippen LogP) is 5.46. The lowest BCUT2D eigenvalue weighted by atomic mass is 10.1. The number of hydrogen-bond acceptors (Lipinski definition) is 3. The lowest BCUT2D eigenvalue weighted by molar-refractivity contribution is -0.117. The van der Waals surface area contributed by atoms with Crippen molar-refractivity contribution in [3.05, 3.63) is 84.8 Å². The SMILES string of the molecule is O=C(NCc1csc2ccc(Cl)cc12)C1=CCC=c2nc(-c3c(Cl)cccc3Cl)[nH]c2=C1. The van der Waals surface area contributed by atoms with Crippen molar-refractivity contribution in [3.8, 4) is 11.4 Å². The van der Waals surface area contributed by atoms with Crippen LogP contribution in [0.4, 0.5) is 0 Å². The molecule has 160 valence electrons. The standard InChI is InChI=1S/C24H16Cl3N3OS/c25-15-7-8-21-16(10-15)14(12-32-21)11-28-24(31)13-3-1-6-19-20(9-13)30-23(29-19)22-17(26)4-2-5-18(22)27/h2-10,12H,1,11H2,(H,28,31)(H,29,30). The molecule has 8 heteroatoms. The highest BCUT2D eigenvalue weighted by Gasteiger charge is 2.14. The Hall–Kier alpha value is -2.57. The minimum absolute atomic E-state index is 0.153. The smallest absolute Gasteiger partial charge is 0.251 e. The Morgan fingerprint density at radius 3 is 2.75 bits per heavy atom. The van der Waals surface area contributed by atoms with Gasteiger partial charge in [0.25, 0.3) is 5.91 Å². The molecule has 4 nitrogen and oxygen atoms in total. The van der Waals surface area contributed by atoms with Gasteiger partial charge in [0.2, 0.25) is 0 Å². The Kier molecular flexibility index (Phi) is 5.82. The molecule has 4 aromatic rings. The first-order valence-corrected chi connectivity index (χ1v) is 11.9. The van der Waals surface area contributed by atoms with Crippen LogP contribution in [0.25, 0.3) is 33.6 Å². The van der Waals surface area contributed by atoms with Crippen LogP contribution in [0.3, 0.4) is 0 Å². The van der Waals surface area contributed by atoms with Crippen LogP contribution in [0.2, 0.25) is 15.1 Å². The van der Waals surface area contributed by atoms with Crippen molar-refractivity contribution in [1.82, 2.24) is 15.3 Å². The molecule has 1 amide bonds. The molecule has 2 N–H and O–H groups in total. The van der Waals surface area contributed by atoms with E-state index in [0.29, 0.717) is 45.0 Å². The molecule has 0 atom stereocenters. The number of halogens is 3. The maximum absolute atomic E-state index is 12.9. The summed E-state index contributed by atoms with van der Waals surface area (Å²) in [5, 5.41) is 9.33. The van der Waals surface area contributed by atoms with Gasteiger partial charge in [-0.25, -0.2) is 4.98 Å². The molecule has 2 heterocycles. The first-order valence-electron chi connectivity index (χ1n) is 9.86. The van der Waals surface area contributed by atoms with Crippen LogP contribution in [0, 0.1) is 0 Å². The van der Waals surface area contributed by atoms with E-state index in [9.17, 15) is 4.79 Å². The number of benzene rings is 2. The van der Waals surface area contributed by atoms with Crippen LogP contribution >= 0.6 is 46.1 Å². The highest BCUT2D eigenvalue weighted by molar-refractivity contribution is 7.17. The van der Waals surface area contributed by atoms with Gasteiger partial charge in [0.05, 0.1) is 26.3 Å². The van der Waals surface area contributed by atoms with Crippen molar-refractivity contribution >= 4 is 74.3 Å². The Morgan fingerprint density at radius 1 is 1.12 bits per heavy atom. The fourth-order valence-corrected chi connectivity index (χ4v) is 5.34. The first-order chi connectivity index (χ1) is 15.5. The largest absolute Gasteiger partial charge is 0.348 e. The van der Waals surface area contributed by atoms with Crippen LogP contribution in [0.15, 0.2) is 53.4 Å². The zero-order valence-electron chi connectivity index (χ0n) is 16.6. The third-order valence-corrected chi connectivity index (χ3v) is 7.10. The molecule has 0 spiro atoms. The normalized spacial score (nSPS) is 13.0. The number of nitrogens with one attached hydrogen (secondary N) is 2. The maximum Gasteiger partial charge on any atom is 0.251 e. The van der Waals surface area contributed by atoms with Crippen molar-refractivity contribution in [2.75, 3.05) is 0 Å². The van der Waals surface area contributed by atoms with Crippen molar-refractivity contribution < 1.29 is 4.79 Å². The minimum Gasteiger partial charge on any atom is -0.348 e. The van der Waals surface area contributed by atoms with E-state index in [0.717, 1.165) is 26.3 Å². The fraction of sp³-hybridized carbons (Fsp3) is 0.0833. The van der Waals surface area contributed by atoms with Crippen LogP contribution in [-0.2, 0) is 11.3 Å². The second-order valence-electron chi connectivity index (χ2n) is 7.31. The number of thiophene rings is 1. The lowest BCUT2D eigenvalue weighted by Crippen LogP contribution is -2.27. The van der Waals surface area contributed by atoms with E-state index in [-0.39, 0.29) is 5.91 Å². The number of nitrogens with zero attached hydrogens (tertiary/aromatic N) is 1. The molecule has 0 fully saturated rings. The number of fused-ring (bicyclic) bond motifs is 2. The van der Waals surface area contributed by atoms with Crippen LogP contribution in [0.1, 0.15) is 12.0 Å². The highest BCUT2D eigenvalue weighted by atomic mass is 35.5. The fourth-order valence-electron chi connectivity index (χ4n) is 3.65. The van der Waals surface area contributed by atoms with Gasteiger partial charge in [0, 0.05) is 21.8 Å². The molecule has 1 aliphatic carbocycles. The van der Waals surface area contributed by atoms with E-state index < -0.39 is 0 Å². The van der Waals surface area contributed by atoms with Crippen LogP contribution in [-0.4, -0.2) is 15.9 Å². The number of H-pyrrole nitrogens is 1. The van der Waals surface area contributed by atoms with E-state index in [1.165, 1.54) is 0 Å². The van der Waals surface area contributed by atoms with Gasteiger partial charge in [0.1, 0.15) is 5.82 Å². The summed E-state index contributed by atoms with van der Waals surface area (Å²) < 4.78 is 1.14. The molecule has 0 bridgehead atoms. The number of aromatic nitrogens is 2. The Balaban J connectivity index is 1.41. The zero-order valence-corrected chi connectivity index (χ0v) is 19.7. The summed E-state index contributed by atoms with van der Waals surface area (Å²) in [5.74, 6) is 0.418. The van der Waals surface area contributed by atoms with Gasteiger partial charge >= 0.3 is 0 Å². The number of carbonyl (C=O) groups excluding carboxylic acids is 1. The van der Waals surface area contributed by atoms with E-state index in [1.807, 2.05) is 35.7 Å². The van der Waals surface area contributed by atoms with Gasteiger partial charge in [-0.2, -0.15) is 0 Å². The molecule has 0 saturated heterocycles. The highest BCUT2D eigenvalue weighted by Crippen LogP contribution is 2.31. The number of rotatable bonds is 4. The number of hydrogen-bond donors (Lipinski definition) is 2. The maximum atomic E-state index is 12.9. The van der Waals surface area contributed by atoms with E-state index in [4.69, 9.17) is 34.8 Å². The average molecular weight is 501 g/mol. The molecular weight excluding hydrogens is 485 g/mol. The van der Waals surface area contributed by atoms with Crippen molar-refractivity contribution in [3.63, 3.8) is 0 Å². The monoisotopic (exact) mass is 499 g/mol. The second-order valence-corrected chi connectivity index (χ2v) is 9.47. The average Bonchev–Trinajstić information content (AvgIpc) is 3.29. The number of allylic oxidation sites excluding steroid dienone is 1. The molecule has 5 rings (SSSR count). The second kappa shape index (κ2) is 8.75. The number of carbonyl (C=O) groups is 1. The van der Waals surface area contributed by atoms with Gasteiger partial charge in [-0.3, -0.25) is 4.79 Å². The number of imidazole rings is 1. The predicted molar refractivity (Wildman–Crippen MR) is 134 cm³/mol. The van der Waals surface area contributed by atoms with Crippen molar-refractivity contribution in [2.45, 2.75) is 13.0 Å². The molecule has 1 aliphatic rings. The summed E-state index contributed by atoms with van der Waals surface area (Å²) >= 11 is 20.4. The van der Waals surface area contributed by atoms with Gasteiger partial charge in [0.15, 0.2) is 0 Å². The third-order valence-electron chi connectivity index (χ3n) is 5.23. The number of aromatic amines is 1. The molecule has 32 heavy (non-hydrogen) atoms. The van der Waals surface area contributed by atoms with Crippen molar-refractivity contribution in [2.24, 2.45) is 0 Å².